The van der Waals surface area contributed by atoms with Crippen molar-refractivity contribution in [1.82, 2.24) is 5.32 Å². The molecular weight excluding hydrogens is 224 g/mol. The number of hydrogen-bond donors (Lipinski definition) is 2. The number of fused-ring (bicyclic) bond motifs is 1. The molecule has 2 amide bonds. The van der Waals surface area contributed by atoms with Crippen LogP contribution >= 0.6 is 11.6 Å². The van der Waals surface area contributed by atoms with Crippen LogP contribution < -0.4 is 10.6 Å². The van der Waals surface area contributed by atoms with Gasteiger partial charge < -0.3 is 10.6 Å². The Morgan fingerprint density at radius 1 is 1.31 bits per heavy atom. The van der Waals surface area contributed by atoms with Gasteiger partial charge in [0.15, 0.2) is 0 Å². The van der Waals surface area contributed by atoms with Crippen molar-refractivity contribution in [2.45, 2.75) is 25.3 Å². The van der Waals surface area contributed by atoms with Crippen molar-refractivity contribution in [3.05, 3.63) is 28.8 Å². The minimum absolute atomic E-state index is 0.119. The van der Waals surface area contributed by atoms with E-state index in [2.05, 4.69) is 10.6 Å². The summed E-state index contributed by atoms with van der Waals surface area (Å²) in [6.07, 6.45) is 3.67. The van der Waals surface area contributed by atoms with Crippen LogP contribution in [0.3, 0.4) is 0 Å². The van der Waals surface area contributed by atoms with Crippen LogP contribution in [-0.2, 0) is 0 Å². The number of hydrogen-bond acceptors (Lipinski definition) is 1. The highest BCUT2D eigenvalue weighted by molar-refractivity contribution is 6.31. The molecule has 0 bridgehead atoms. The Kier molecular flexibility index (Phi) is 2.28. The van der Waals surface area contributed by atoms with E-state index in [1.54, 1.807) is 0 Å². The summed E-state index contributed by atoms with van der Waals surface area (Å²) in [4.78, 5) is 11.5. The second-order valence-electron chi connectivity index (χ2n) is 4.50. The Morgan fingerprint density at radius 2 is 2.12 bits per heavy atom. The zero-order valence-corrected chi connectivity index (χ0v) is 9.55. The fourth-order valence-corrected chi connectivity index (χ4v) is 2.60. The SMILES string of the molecule is O=C1Nc2cc(Cl)ccc2C(C2CCC2)N1. The van der Waals surface area contributed by atoms with Crippen LogP contribution in [0.2, 0.25) is 5.02 Å². The van der Waals surface area contributed by atoms with E-state index in [1.165, 1.54) is 19.3 Å². The van der Waals surface area contributed by atoms with E-state index in [0.29, 0.717) is 10.9 Å². The first-order valence-electron chi connectivity index (χ1n) is 5.61. The smallest absolute Gasteiger partial charge is 0.319 e. The number of nitrogens with one attached hydrogen (secondary N) is 2. The number of rotatable bonds is 1. The highest BCUT2D eigenvalue weighted by Gasteiger charge is 2.33. The Labute approximate surface area is 99.2 Å². The fraction of sp³-hybridized carbons (Fsp3) is 0.417. The van der Waals surface area contributed by atoms with Crippen LogP contribution in [0.5, 0.6) is 0 Å². The Bertz CT molecular complexity index is 443. The molecule has 2 N–H and O–H groups in total. The fourth-order valence-electron chi connectivity index (χ4n) is 2.43. The van der Waals surface area contributed by atoms with Crippen LogP contribution in [0.25, 0.3) is 0 Å². The lowest BCUT2D eigenvalue weighted by Crippen LogP contribution is -2.42. The van der Waals surface area contributed by atoms with E-state index in [9.17, 15) is 4.79 Å². The summed E-state index contributed by atoms with van der Waals surface area (Å²) in [7, 11) is 0. The Balaban J connectivity index is 2.00. The van der Waals surface area contributed by atoms with E-state index >= 15 is 0 Å². The molecule has 1 aliphatic carbocycles. The third-order valence-electron chi connectivity index (χ3n) is 3.51. The number of carbonyl (C=O) groups is 1. The van der Waals surface area contributed by atoms with Gasteiger partial charge in [0.2, 0.25) is 0 Å². The Hall–Kier alpha value is -1.22. The van der Waals surface area contributed by atoms with Crippen LogP contribution in [0, 0.1) is 5.92 Å². The molecular formula is C12H13ClN2O. The molecule has 3 rings (SSSR count). The van der Waals surface area contributed by atoms with Crippen molar-refractivity contribution in [1.29, 1.82) is 0 Å². The van der Waals surface area contributed by atoms with Gasteiger partial charge in [0.1, 0.15) is 0 Å². The molecule has 3 nitrogen and oxygen atoms in total. The molecule has 16 heavy (non-hydrogen) atoms. The van der Waals surface area contributed by atoms with Gasteiger partial charge in [-0.05, 0) is 36.5 Å². The predicted molar refractivity (Wildman–Crippen MR) is 63.7 cm³/mol. The summed E-state index contributed by atoms with van der Waals surface area (Å²) in [5, 5.41) is 6.46. The van der Waals surface area contributed by atoms with E-state index in [1.807, 2.05) is 18.2 Å². The lowest BCUT2D eigenvalue weighted by molar-refractivity contribution is 0.213. The third-order valence-corrected chi connectivity index (χ3v) is 3.74. The first-order chi connectivity index (χ1) is 7.74. The zero-order valence-electron chi connectivity index (χ0n) is 8.79. The molecule has 1 heterocycles. The van der Waals surface area contributed by atoms with E-state index in [0.717, 1.165) is 11.3 Å². The standard InChI is InChI=1S/C12H13ClN2O/c13-8-4-5-9-10(6-8)14-12(16)15-11(9)7-2-1-3-7/h4-7,11H,1-3H2,(H2,14,15,16). The summed E-state index contributed by atoms with van der Waals surface area (Å²) in [5.74, 6) is 0.589. The summed E-state index contributed by atoms with van der Waals surface area (Å²) in [5.41, 5.74) is 2.02. The molecule has 1 aromatic rings. The molecule has 1 unspecified atom stereocenters. The average Bonchev–Trinajstić information content (AvgIpc) is 2.13. The van der Waals surface area contributed by atoms with Crippen molar-refractivity contribution in [2.75, 3.05) is 5.32 Å². The normalized spacial score (nSPS) is 24.1. The maximum atomic E-state index is 11.5. The lowest BCUT2D eigenvalue weighted by atomic mass is 9.76. The molecule has 0 saturated heterocycles. The second kappa shape index (κ2) is 3.67. The molecule has 1 saturated carbocycles. The van der Waals surface area contributed by atoms with Crippen LogP contribution in [0.15, 0.2) is 18.2 Å². The molecule has 84 valence electrons. The van der Waals surface area contributed by atoms with E-state index < -0.39 is 0 Å². The highest BCUT2D eigenvalue weighted by atomic mass is 35.5. The second-order valence-corrected chi connectivity index (χ2v) is 4.94. The molecule has 1 aromatic carbocycles. The number of halogens is 1. The van der Waals surface area contributed by atoms with Gasteiger partial charge in [-0.3, -0.25) is 0 Å². The van der Waals surface area contributed by atoms with Crippen LogP contribution in [0.4, 0.5) is 10.5 Å². The molecule has 1 atom stereocenters. The number of urea groups is 1. The molecule has 1 fully saturated rings. The number of anilines is 1. The molecule has 0 radical (unpaired) electrons. The van der Waals surface area contributed by atoms with Gasteiger partial charge in [0.25, 0.3) is 0 Å². The number of amides is 2. The largest absolute Gasteiger partial charge is 0.331 e. The topological polar surface area (TPSA) is 41.1 Å². The Morgan fingerprint density at radius 3 is 2.81 bits per heavy atom. The maximum absolute atomic E-state index is 11.5. The van der Waals surface area contributed by atoms with Gasteiger partial charge >= 0.3 is 6.03 Å². The van der Waals surface area contributed by atoms with Gasteiger partial charge in [-0.2, -0.15) is 0 Å². The molecule has 2 aliphatic rings. The summed E-state index contributed by atoms with van der Waals surface area (Å²) >= 11 is 5.93. The molecule has 0 aromatic heterocycles. The minimum atomic E-state index is -0.119. The monoisotopic (exact) mass is 236 g/mol. The van der Waals surface area contributed by atoms with Crippen molar-refractivity contribution in [3.8, 4) is 0 Å². The van der Waals surface area contributed by atoms with Gasteiger partial charge in [-0.25, -0.2) is 4.79 Å². The van der Waals surface area contributed by atoms with Gasteiger partial charge in [0, 0.05) is 10.7 Å². The average molecular weight is 237 g/mol. The maximum Gasteiger partial charge on any atom is 0.319 e. The van der Waals surface area contributed by atoms with Crippen LogP contribution in [0.1, 0.15) is 30.9 Å². The van der Waals surface area contributed by atoms with Gasteiger partial charge in [-0.1, -0.05) is 24.1 Å². The molecule has 1 aliphatic heterocycles. The summed E-state index contributed by atoms with van der Waals surface area (Å²) in [6, 6.07) is 5.75. The van der Waals surface area contributed by atoms with Crippen molar-refractivity contribution >= 4 is 23.3 Å². The first-order valence-corrected chi connectivity index (χ1v) is 5.99. The quantitative estimate of drug-likeness (QED) is 0.772. The van der Waals surface area contributed by atoms with Crippen molar-refractivity contribution < 1.29 is 4.79 Å². The summed E-state index contributed by atoms with van der Waals surface area (Å²) < 4.78 is 0. The summed E-state index contributed by atoms with van der Waals surface area (Å²) in [6.45, 7) is 0. The molecule has 0 spiro atoms. The first kappa shape index (κ1) is 9.97. The highest BCUT2D eigenvalue weighted by Crippen LogP contribution is 2.42. The van der Waals surface area contributed by atoms with E-state index in [-0.39, 0.29) is 12.1 Å². The zero-order chi connectivity index (χ0) is 11.1. The van der Waals surface area contributed by atoms with Gasteiger partial charge in [-0.15, -0.1) is 0 Å². The van der Waals surface area contributed by atoms with E-state index in [4.69, 9.17) is 11.6 Å². The van der Waals surface area contributed by atoms with Crippen molar-refractivity contribution in [3.63, 3.8) is 0 Å². The molecule has 4 heteroatoms. The minimum Gasteiger partial charge on any atom is -0.331 e. The predicted octanol–water partition coefficient (Wildman–Crippen LogP) is 3.32. The lowest BCUT2D eigenvalue weighted by Gasteiger charge is -2.38. The number of carbonyl (C=O) groups excluding carboxylic acids is 1. The van der Waals surface area contributed by atoms with Crippen molar-refractivity contribution in [2.24, 2.45) is 5.92 Å². The van der Waals surface area contributed by atoms with Gasteiger partial charge in [0.05, 0.1) is 6.04 Å². The number of benzene rings is 1. The third kappa shape index (κ3) is 1.55. The van der Waals surface area contributed by atoms with Crippen LogP contribution in [-0.4, -0.2) is 6.03 Å².